The summed E-state index contributed by atoms with van der Waals surface area (Å²) >= 11 is 0. The van der Waals surface area contributed by atoms with Crippen LogP contribution in [0.4, 0.5) is 17.4 Å². The summed E-state index contributed by atoms with van der Waals surface area (Å²) in [5.74, 6) is -1.56. The fourth-order valence-corrected chi connectivity index (χ4v) is 5.31. The van der Waals surface area contributed by atoms with Crippen molar-refractivity contribution in [3.8, 4) is 22.5 Å². The second-order valence-electron chi connectivity index (χ2n) is 9.34. The highest BCUT2D eigenvalue weighted by molar-refractivity contribution is 6.36. The summed E-state index contributed by atoms with van der Waals surface area (Å²) in [5.41, 5.74) is 6.60. The first-order valence-corrected chi connectivity index (χ1v) is 13.4. The molecule has 40 heavy (non-hydrogen) atoms. The van der Waals surface area contributed by atoms with Crippen LogP contribution in [0.5, 0.6) is 0 Å². The van der Waals surface area contributed by atoms with E-state index in [9.17, 15) is 22.2 Å². The van der Waals surface area contributed by atoms with Gasteiger partial charge in [0.25, 0.3) is 0 Å². The molecule has 9 heteroatoms. The molecule has 0 aliphatic rings. The van der Waals surface area contributed by atoms with Gasteiger partial charge in [-0.3, -0.25) is 4.79 Å². The molecule has 0 radical (unpaired) electrons. The van der Waals surface area contributed by atoms with Crippen LogP contribution in [0.1, 0.15) is 66.1 Å². The first kappa shape index (κ1) is 29.0. The van der Waals surface area contributed by atoms with Crippen LogP contribution in [0.15, 0.2) is 54.6 Å². The number of carbonyl (C=O) groups is 1. The van der Waals surface area contributed by atoms with Crippen LogP contribution in [-0.4, -0.2) is 23.2 Å². The monoisotopic (exact) mass is 550 g/mol. The van der Waals surface area contributed by atoms with Gasteiger partial charge in [-0.15, -0.1) is 0 Å². The number of allylic oxidation sites excluding steroid dienone is 1. The molecule has 4 rings (SSSR count). The number of benzene rings is 2. The third-order valence-electron chi connectivity index (χ3n) is 7.09. The first-order valence-electron chi connectivity index (χ1n) is 13.4. The van der Waals surface area contributed by atoms with Crippen LogP contribution in [-0.2, 0) is 30.3 Å². The molecule has 0 saturated carbocycles. The van der Waals surface area contributed by atoms with Gasteiger partial charge in [0.15, 0.2) is 0 Å². The number of aromatic amines is 2. The van der Waals surface area contributed by atoms with E-state index in [1.807, 2.05) is 27.7 Å². The Morgan fingerprint density at radius 1 is 0.700 bits per heavy atom. The number of nitrogens with one attached hydrogen (secondary N) is 2. The number of ketones is 1. The van der Waals surface area contributed by atoms with Crippen LogP contribution in [0, 0.1) is 11.6 Å². The summed E-state index contributed by atoms with van der Waals surface area (Å²) in [6.45, 7) is 7.71. The Hall–Kier alpha value is -4.01. The van der Waals surface area contributed by atoms with Gasteiger partial charge in [0.05, 0.1) is 11.4 Å². The van der Waals surface area contributed by atoms with E-state index in [0.29, 0.717) is 48.2 Å². The molecule has 0 aliphatic heterocycles. The fourth-order valence-electron chi connectivity index (χ4n) is 5.31. The lowest BCUT2D eigenvalue weighted by atomic mass is 9.98. The second kappa shape index (κ2) is 12.4. The SMILES string of the molecule is CCc1c(C(=O)/C=C(\OB(F)F)c2[nH]c(-c3ccc(F)cc3)c(CC)c2CC)[nH]c(-c2ccc(F)cc2)c1CC. The third-order valence-corrected chi connectivity index (χ3v) is 7.09. The van der Waals surface area contributed by atoms with Gasteiger partial charge in [0.2, 0.25) is 5.78 Å². The molecular weight excluding hydrogens is 519 g/mol. The van der Waals surface area contributed by atoms with E-state index in [1.165, 1.54) is 24.3 Å². The lowest BCUT2D eigenvalue weighted by Gasteiger charge is -2.10. The summed E-state index contributed by atoms with van der Waals surface area (Å²) in [7, 11) is -3.17. The number of carbonyl (C=O) groups excluding carboxylic acids is 1. The number of H-pyrrole nitrogens is 2. The van der Waals surface area contributed by atoms with Crippen LogP contribution in [0.3, 0.4) is 0 Å². The van der Waals surface area contributed by atoms with Crippen molar-refractivity contribution >= 4 is 19.0 Å². The van der Waals surface area contributed by atoms with E-state index in [0.717, 1.165) is 28.3 Å². The molecule has 0 fully saturated rings. The Morgan fingerprint density at radius 3 is 1.50 bits per heavy atom. The maximum Gasteiger partial charge on any atom is 0.796 e. The van der Waals surface area contributed by atoms with Crippen molar-refractivity contribution in [1.82, 2.24) is 9.97 Å². The van der Waals surface area contributed by atoms with E-state index in [2.05, 4.69) is 9.97 Å². The summed E-state index contributed by atoms with van der Waals surface area (Å²) in [4.78, 5) is 20.0. The van der Waals surface area contributed by atoms with Crippen molar-refractivity contribution in [3.63, 3.8) is 0 Å². The smallest absolute Gasteiger partial charge is 0.503 e. The number of hydrogen-bond donors (Lipinski definition) is 2. The molecule has 0 amide bonds. The second-order valence-corrected chi connectivity index (χ2v) is 9.34. The van der Waals surface area contributed by atoms with E-state index in [4.69, 9.17) is 4.65 Å². The molecule has 4 nitrogen and oxygen atoms in total. The minimum atomic E-state index is -3.17. The Balaban J connectivity index is 1.86. The van der Waals surface area contributed by atoms with E-state index >= 15 is 0 Å². The largest absolute Gasteiger partial charge is 0.796 e. The maximum atomic E-state index is 13.7. The molecule has 2 N–H and O–H groups in total. The highest BCUT2D eigenvalue weighted by atomic mass is 19.2. The molecule has 4 aromatic rings. The molecule has 0 saturated heterocycles. The molecular formula is C31H31BF4N2O2. The van der Waals surface area contributed by atoms with Gasteiger partial charge < -0.3 is 14.6 Å². The zero-order valence-electron chi connectivity index (χ0n) is 22.9. The Kier molecular flexibility index (Phi) is 9.02. The standard InChI is InChI=1S/C31H31BF4N2O2/c1-5-22-24(7-3)30(37-28(22)18-9-13-20(33)14-10-18)26(39)17-27(40-32(35)36)31-25(8-4)23(6-2)29(38-31)19-11-15-21(34)16-12-19/h9-17,37-38H,5-8H2,1-4H3/b27-17-. The lowest BCUT2D eigenvalue weighted by Crippen LogP contribution is -2.09. The molecule has 2 aromatic carbocycles. The van der Waals surface area contributed by atoms with Crippen LogP contribution in [0.2, 0.25) is 0 Å². The van der Waals surface area contributed by atoms with Gasteiger partial charge in [-0.05, 0) is 108 Å². The van der Waals surface area contributed by atoms with E-state index in [1.54, 1.807) is 24.3 Å². The normalized spacial score (nSPS) is 11.7. The van der Waals surface area contributed by atoms with Crippen molar-refractivity contribution in [2.24, 2.45) is 0 Å². The summed E-state index contributed by atoms with van der Waals surface area (Å²) in [6.07, 6.45) is 3.30. The van der Waals surface area contributed by atoms with E-state index in [-0.39, 0.29) is 28.8 Å². The molecule has 0 spiro atoms. The van der Waals surface area contributed by atoms with Gasteiger partial charge in [-0.25, -0.2) is 17.4 Å². The zero-order valence-corrected chi connectivity index (χ0v) is 22.9. The Labute approximate surface area is 231 Å². The summed E-state index contributed by atoms with van der Waals surface area (Å²) < 4.78 is 59.4. The van der Waals surface area contributed by atoms with Crippen molar-refractivity contribution < 1.29 is 26.9 Å². The van der Waals surface area contributed by atoms with Crippen molar-refractivity contribution in [3.05, 3.63) is 99.9 Å². The van der Waals surface area contributed by atoms with Gasteiger partial charge in [0, 0.05) is 17.5 Å². The van der Waals surface area contributed by atoms with Gasteiger partial charge in [-0.2, -0.15) is 0 Å². The average Bonchev–Trinajstić information content (AvgIpc) is 3.51. The summed E-state index contributed by atoms with van der Waals surface area (Å²) in [5, 5.41) is 0. The fraction of sp³-hybridized carbons (Fsp3) is 0.258. The predicted octanol–water partition coefficient (Wildman–Crippen LogP) is 8.37. The van der Waals surface area contributed by atoms with Gasteiger partial charge in [-0.1, -0.05) is 27.7 Å². The Morgan fingerprint density at radius 2 is 1.10 bits per heavy atom. The van der Waals surface area contributed by atoms with Gasteiger partial charge >= 0.3 is 7.47 Å². The quantitative estimate of drug-likeness (QED) is 0.0648. The van der Waals surface area contributed by atoms with Crippen LogP contribution < -0.4 is 0 Å². The van der Waals surface area contributed by atoms with Crippen LogP contribution >= 0.6 is 0 Å². The molecule has 0 atom stereocenters. The third kappa shape index (κ3) is 5.78. The zero-order chi connectivity index (χ0) is 29.0. The summed E-state index contributed by atoms with van der Waals surface area (Å²) in [6, 6.07) is 11.8. The predicted molar refractivity (Wildman–Crippen MR) is 151 cm³/mol. The number of hydrogen-bond acceptors (Lipinski definition) is 2. The maximum absolute atomic E-state index is 13.7. The molecule has 2 heterocycles. The highest BCUT2D eigenvalue weighted by Crippen LogP contribution is 2.35. The van der Waals surface area contributed by atoms with Crippen molar-refractivity contribution in [2.75, 3.05) is 0 Å². The number of halogens is 4. The highest BCUT2D eigenvalue weighted by Gasteiger charge is 2.28. The van der Waals surface area contributed by atoms with E-state index < -0.39 is 13.3 Å². The van der Waals surface area contributed by atoms with Crippen molar-refractivity contribution in [1.29, 1.82) is 0 Å². The number of rotatable bonds is 11. The Bertz CT molecular complexity index is 1520. The van der Waals surface area contributed by atoms with Crippen molar-refractivity contribution in [2.45, 2.75) is 53.4 Å². The minimum Gasteiger partial charge on any atom is -0.503 e. The van der Waals surface area contributed by atoms with Crippen LogP contribution in [0.25, 0.3) is 28.3 Å². The molecule has 0 aliphatic carbocycles. The molecule has 208 valence electrons. The molecule has 0 unspecified atom stereocenters. The molecule has 0 bridgehead atoms. The first-order chi connectivity index (χ1) is 19.2. The average molecular weight is 550 g/mol. The topological polar surface area (TPSA) is 57.9 Å². The van der Waals surface area contributed by atoms with Gasteiger partial charge in [0.1, 0.15) is 17.4 Å². The lowest BCUT2D eigenvalue weighted by molar-refractivity contribution is 0.104. The number of aromatic nitrogens is 2. The minimum absolute atomic E-state index is 0.271. The molecule has 2 aromatic heterocycles.